The van der Waals surface area contributed by atoms with Crippen molar-refractivity contribution < 1.29 is 22.7 Å². The zero-order valence-electron chi connectivity index (χ0n) is 11.8. The van der Waals surface area contributed by atoms with Crippen molar-refractivity contribution in [2.24, 2.45) is 0 Å². The lowest BCUT2D eigenvalue weighted by molar-refractivity contribution is -0.274. The van der Waals surface area contributed by atoms with Crippen LogP contribution in [0.5, 0.6) is 5.75 Å². The summed E-state index contributed by atoms with van der Waals surface area (Å²) in [6, 6.07) is 12.5. The molecule has 0 atom stereocenters. The number of alkyl halides is 3. The van der Waals surface area contributed by atoms with E-state index in [1.807, 2.05) is 19.1 Å². The lowest BCUT2D eigenvalue weighted by Crippen LogP contribution is -2.23. The van der Waals surface area contributed by atoms with Gasteiger partial charge in [0.2, 0.25) is 0 Å². The third-order valence-corrected chi connectivity index (χ3v) is 3.00. The molecule has 1 N–H and O–H groups in total. The highest BCUT2D eigenvalue weighted by atomic mass is 19.4. The van der Waals surface area contributed by atoms with Crippen molar-refractivity contribution in [3.8, 4) is 5.75 Å². The molecule has 0 aliphatic heterocycles. The SMILES string of the molecule is Cc1ccccc1C(=O)NCc1ccc(OC(F)(F)F)cc1. The molecule has 116 valence electrons. The number of amides is 1. The minimum absolute atomic E-state index is 0.222. The smallest absolute Gasteiger partial charge is 0.406 e. The molecule has 3 nitrogen and oxygen atoms in total. The van der Waals surface area contributed by atoms with Crippen LogP contribution in [0, 0.1) is 6.92 Å². The van der Waals surface area contributed by atoms with Crippen LogP contribution >= 0.6 is 0 Å². The van der Waals surface area contributed by atoms with Gasteiger partial charge in [0.1, 0.15) is 5.75 Å². The van der Waals surface area contributed by atoms with E-state index in [1.54, 1.807) is 12.1 Å². The van der Waals surface area contributed by atoms with Gasteiger partial charge in [-0.2, -0.15) is 0 Å². The van der Waals surface area contributed by atoms with E-state index in [9.17, 15) is 18.0 Å². The largest absolute Gasteiger partial charge is 0.573 e. The van der Waals surface area contributed by atoms with Crippen LogP contribution in [-0.4, -0.2) is 12.3 Å². The van der Waals surface area contributed by atoms with Crippen LogP contribution in [0.15, 0.2) is 48.5 Å². The summed E-state index contributed by atoms with van der Waals surface area (Å²) in [4.78, 5) is 12.0. The number of carbonyl (C=O) groups is 1. The summed E-state index contributed by atoms with van der Waals surface area (Å²) in [7, 11) is 0. The monoisotopic (exact) mass is 309 g/mol. The first-order valence-corrected chi connectivity index (χ1v) is 6.54. The normalized spacial score (nSPS) is 11.1. The Kier molecular flexibility index (Phi) is 4.70. The molecule has 0 spiro atoms. The van der Waals surface area contributed by atoms with E-state index < -0.39 is 6.36 Å². The summed E-state index contributed by atoms with van der Waals surface area (Å²) in [6.07, 6.45) is -4.71. The van der Waals surface area contributed by atoms with E-state index in [-0.39, 0.29) is 18.2 Å². The third-order valence-electron chi connectivity index (χ3n) is 3.00. The summed E-state index contributed by atoms with van der Waals surface area (Å²) in [5.41, 5.74) is 2.10. The number of hydrogen-bond donors (Lipinski definition) is 1. The fourth-order valence-corrected chi connectivity index (χ4v) is 1.91. The number of carbonyl (C=O) groups excluding carboxylic acids is 1. The van der Waals surface area contributed by atoms with Crippen molar-refractivity contribution in [1.82, 2.24) is 5.32 Å². The number of ether oxygens (including phenoxy) is 1. The lowest BCUT2D eigenvalue weighted by atomic mass is 10.1. The van der Waals surface area contributed by atoms with E-state index in [2.05, 4.69) is 10.1 Å². The molecule has 2 aromatic carbocycles. The Bertz CT molecular complexity index is 651. The van der Waals surface area contributed by atoms with E-state index in [1.165, 1.54) is 24.3 Å². The van der Waals surface area contributed by atoms with Crippen LogP contribution in [0.25, 0.3) is 0 Å². The van der Waals surface area contributed by atoms with Crippen LogP contribution in [-0.2, 0) is 6.54 Å². The fraction of sp³-hybridized carbons (Fsp3) is 0.188. The fourth-order valence-electron chi connectivity index (χ4n) is 1.91. The van der Waals surface area contributed by atoms with Crippen LogP contribution in [0.3, 0.4) is 0 Å². The van der Waals surface area contributed by atoms with E-state index in [4.69, 9.17) is 0 Å². The molecule has 0 heterocycles. The Morgan fingerprint density at radius 3 is 2.32 bits per heavy atom. The molecule has 0 saturated heterocycles. The molecule has 0 aliphatic carbocycles. The van der Waals surface area contributed by atoms with Gasteiger partial charge in [-0.3, -0.25) is 4.79 Å². The minimum Gasteiger partial charge on any atom is -0.406 e. The third kappa shape index (κ3) is 4.51. The maximum atomic E-state index is 12.0. The Balaban J connectivity index is 1.95. The highest BCUT2D eigenvalue weighted by Crippen LogP contribution is 2.22. The molecule has 0 aromatic heterocycles. The van der Waals surface area contributed by atoms with Gasteiger partial charge in [-0.1, -0.05) is 30.3 Å². The Labute approximate surface area is 125 Å². The van der Waals surface area contributed by atoms with Gasteiger partial charge in [0.05, 0.1) is 0 Å². The van der Waals surface area contributed by atoms with Gasteiger partial charge in [-0.05, 0) is 36.2 Å². The van der Waals surface area contributed by atoms with Gasteiger partial charge in [-0.25, -0.2) is 0 Å². The average Bonchev–Trinajstić information content (AvgIpc) is 2.45. The number of nitrogens with one attached hydrogen (secondary N) is 1. The maximum Gasteiger partial charge on any atom is 0.573 e. The number of halogens is 3. The van der Waals surface area contributed by atoms with Crippen LogP contribution < -0.4 is 10.1 Å². The van der Waals surface area contributed by atoms with Crippen molar-refractivity contribution in [1.29, 1.82) is 0 Å². The lowest BCUT2D eigenvalue weighted by Gasteiger charge is -2.10. The van der Waals surface area contributed by atoms with Crippen LogP contribution in [0.2, 0.25) is 0 Å². The Morgan fingerprint density at radius 1 is 1.09 bits per heavy atom. The second-order valence-electron chi connectivity index (χ2n) is 4.69. The number of benzene rings is 2. The molecule has 2 rings (SSSR count). The van der Waals surface area contributed by atoms with Crippen LogP contribution in [0.4, 0.5) is 13.2 Å². The van der Waals surface area contributed by atoms with E-state index in [0.29, 0.717) is 11.1 Å². The molecule has 0 bridgehead atoms. The summed E-state index contributed by atoms with van der Waals surface area (Å²) in [6.45, 7) is 2.05. The summed E-state index contributed by atoms with van der Waals surface area (Å²) in [5.74, 6) is -0.518. The predicted octanol–water partition coefficient (Wildman–Crippen LogP) is 3.82. The van der Waals surface area contributed by atoms with Crippen molar-refractivity contribution >= 4 is 5.91 Å². The molecule has 0 radical (unpaired) electrons. The van der Waals surface area contributed by atoms with E-state index in [0.717, 1.165) is 5.56 Å². The van der Waals surface area contributed by atoms with Gasteiger partial charge in [0.15, 0.2) is 0 Å². The summed E-state index contributed by atoms with van der Waals surface area (Å²) in [5, 5.41) is 2.72. The number of rotatable bonds is 4. The molecular weight excluding hydrogens is 295 g/mol. The second kappa shape index (κ2) is 6.51. The van der Waals surface area contributed by atoms with Gasteiger partial charge < -0.3 is 10.1 Å². The summed E-state index contributed by atoms with van der Waals surface area (Å²) < 4.78 is 39.9. The molecule has 0 saturated carbocycles. The molecule has 2 aromatic rings. The summed E-state index contributed by atoms with van der Waals surface area (Å²) >= 11 is 0. The Hall–Kier alpha value is -2.50. The van der Waals surface area contributed by atoms with Crippen molar-refractivity contribution in [3.05, 3.63) is 65.2 Å². The molecular formula is C16H14F3NO2. The molecule has 6 heteroatoms. The first-order valence-electron chi connectivity index (χ1n) is 6.54. The second-order valence-corrected chi connectivity index (χ2v) is 4.69. The van der Waals surface area contributed by atoms with Crippen molar-refractivity contribution in [3.63, 3.8) is 0 Å². The topological polar surface area (TPSA) is 38.3 Å². The van der Waals surface area contributed by atoms with Gasteiger partial charge in [0, 0.05) is 12.1 Å². The first kappa shape index (κ1) is 15.9. The minimum atomic E-state index is -4.71. The molecule has 1 amide bonds. The molecule has 0 aliphatic rings. The van der Waals surface area contributed by atoms with E-state index >= 15 is 0 Å². The zero-order chi connectivity index (χ0) is 16.2. The zero-order valence-corrected chi connectivity index (χ0v) is 11.8. The highest BCUT2D eigenvalue weighted by molar-refractivity contribution is 5.95. The van der Waals surface area contributed by atoms with Crippen LogP contribution in [0.1, 0.15) is 21.5 Å². The molecule has 22 heavy (non-hydrogen) atoms. The van der Waals surface area contributed by atoms with Gasteiger partial charge in [0.25, 0.3) is 5.91 Å². The average molecular weight is 309 g/mol. The highest BCUT2D eigenvalue weighted by Gasteiger charge is 2.30. The number of aryl methyl sites for hydroxylation is 1. The van der Waals surface area contributed by atoms with Crippen molar-refractivity contribution in [2.45, 2.75) is 19.8 Å². The first-order chi connectivity index (χ1) is 10.3. The maximum absolute atomic E-state index is 12.0. The Morgan fingerprint density at radius 2 is 1.73 bits per heavy atom. The van der Waals surface area contributed by atoms with Gasteiger partial charge in [-0.15, -0.1) is 13.2 Å². The number of hydrogen-bond acceptors (Lipinski definition) is 2. The quantitative estimate of drug-likeness (QED) is 0.932. The standard InChI is InChI=1S/C16H14F3NO2/c1-11-4-2-3-5-14(11)15(21)20-10-12-6-8-13(9-7-12)22-16(17,18)19/h2-9H,10H2,1H3,(H,20,21). The molecule has 0 fully saturated rings. The van der Waals surface area contributed by atoms with Gasteiger partial charge >= 0.3 is 6.36 Å². The predicted molar refractivity (Wildman–Crippen MR) is 75.5 cm³/mol. The van der Waals surface area contributed by atoms with Crippen molar-refractivity contribution in [2.75, 3.05) is 0 Å². The molecule has 0 unspecified atom stereocenters.